The average molecular weight is 477 g/mol. The summed E-state index contributed by atoms with van der Waals surface area (Å²) in [6.45, 7) is 1.74. The fraction of sp³-hybridized carbons (Fsp3) is 0.708. The van der Waals surface area contributed by atoms with Gasteiger partial charge in [-0.25, -0.2) is 13.6 Å². The van der Waals surface area contributed by atoms with Crippen LogP contribution < -0.4 is 5.32 Å². The monoisotopic (exact) mass is 476 g/mol. The predicted octanol–water partition coefficient (Wildman–Crippen LogP) is 3.21. The number of hydrogen-bond donors (Lipinski definition) is 4. The molecule has 0 saturated carbocycles. The van der Waals surface area contributed by atoms with Crippen LogP contribution in [0.1, 0.15) is 51.5 Å². The van der Waals surface area contributed by atoms with Crippen molar-refractivity contribution in [1.82, 2.24) is 10.2 Å². The fourth-order valence-electron chi connectivity index (χ4n) is 3.40. The van der Waals surface area contributed by atoms with Crippen LogP contribution >= 0.6 is 0 Å². The summed E-state index contributed by atoms with van der Waals surface area (Å²) < 4.78 is 31.6. The van der Waals surface area contributed by atoms with Gasteiger partial charge in [-0.05, 0) is 50.6 Å². The van der Waals surface area contributed by atoms with Gasteiger partial charge in [-0.2, -0.15) is 0 Å². The first-order chi connectivity index (χ1) is 15.5. The predicted molar refractivity (Wildman–Crippen MR) is 125 cm³/mol. The highest BCUT2D eigenvalue weighted by molar-refractivity contribution is 5.67. The molecule has 2 aliphatic rings. The maximum Gasteiger partial charge on any atom is 0.410 e. The van der Waals surface area contributed by atoms with Crippen molar-refractivity contribution < 1.29 is 33.6 Å². The van der Waals surface area contributed by atoms with E-state index in [2.05, 4.69) is 5.32 Å². The number of nitrogens with zero attached hydrogens (tertiary/aromatic N) is 1. The molecule has 2 heterocycles. The quantitative estimate of drug-likeness (QED) is 0.523. The molecule has 0 aliphatic carbocycles. The van der Waals surface area contributed by atoms with Crippen molar-refractivity contribution in [3.05, 3.63) is 35.9 Å². The zero-order valence-corrected chi connectivity index (χ0v) is 18.8. The van der Waals surface area contributed by atoms with Crippen molar-refractivity contribution in [2.45, 2.75) is 77.1 Å². The van der Waals surface area contributed by atoms with E-state index in [4.69, 9.17) is 14.9 Å². The van der Waals surface area contributed by atoms with Crippen molar-refractivity contribution in [1.29, 1.82) is 0 Å². The number of nitrogens with one attached hydrogen (secondary N) is 1. The van der Waals surface area contributed by atoms with Gasteiger partial charge in [0.05, 0.1) is 18.8 Å². The van der Waals surface area contributed by atoms with Crippen molar-refractivity contribution >= 4 is 6.09 Å². The zero-order valence-electron chi connectivity index (χ0n) is 18.8. The van der Waals surface area contributed by atoms with Gasteiger partial charge in [0.1, 0.15) is 19.0 Å². The summed E-state index contributed by atoms with van der Waals surface area (Å²) in [5.41, 5.74) is 0.893. The number of rotatable bonds is 2. The second kappa shape index (κ2) is 18.6. The van der Waals surface area contributed by atoms with E-state index in [0.29, 0.717) is 32.4 Å². The van der Waals surface area contributed by atoms with Crippen LogP contribution in [0.15, 0.2) is 30.3 Å². The minimum Gasteiger partial charge on any atom is -0.445 e. The maximum absolute atomic E-state index is 13.7. The highest BCUT2D eigenvalue weighted by Crippen LogP contribution is 2.16. The Morgan fingerprint density at radius 2 is 1.64 bits per heavy atom. The summed E-state index contributed by atoms with van der Waals surface area (Å²) in [6.07, 6.45) is -0.221. The van der Waals surface area contributed by atoms with Gasteiger partial charge in [0.25, 0.3) is 0 Å². The molecule has 9 heteroatoms. The van der Waals surface area contributed by atoms with Crippen LogP contribution in [-0.4, -0.2) is 84.2 Å². The van der Waals surface area contributed by atoms with E-state index in [1.54, 1.807) is 0 Å². The number of aliphatic hydroxyl groups excluding tert-OH is 3. The van der Waals surface area contributed by atoms with Crippen LogP contribution in [0, 0.1) is 0 Å². The lowest BCUT2D eigenvalue weighted by Crippen LogP contribution is -2.42. The molecule has 1 amide bonds. The molecule has 1 aromatic carbocycles. The second-order valence-corrected chi connectivity index (χ2v) is 7.85. The Labute approximate surface area is 196 Å². The molecular formula is C24H42F2N2O5. The lowest BCUT2D eigenvalue weighted by molar-refractivity contribution is 0.0265. The van der Waals surface area contributed by atoms with Gasteiger partial charge in [-0.1, -0.05) is 37.8 Å². The molecule has 4 N–H and O–H groups in total. The van der Waals surface area contributed by atoms with Crippen molar-refractivity contribution in [2.75, 3.05) is 33.3 Å². The third-order valence-electron chi connectivity index (χ3n) is 5.31. The lowest BCUT2D eigenvalue weighted by Gasteiger charge is -2.28. The van der Waals surface area contributed by atoms with E-state index < -0.39 is 30.6 Å². The molecule has 2 fully saturated rings. The Hall–Kier alpha value is -1.81. The summed E-state index contributed by atoms with van der Waals surface area (Å²) in [6, 6.07) is 9.35. The summed E-state index contributed by atoms with van der Waals surface area (Å²) in [4.78, 5) is 13.3. The van der Waals surface area contributed by atoms with E-state index >= 15 is 0 Å². The number of ether oxygens (including phenoxy) is 1. The SMILES string of the molecule is C.CO.O=C(OCc1ccccc1)N1CCCCC(O)C(F)C1.OC1CCCCNCC1F. The molecule has 0 radical (unpaired) electrons. The van der Waals surface area contributed by atoms with Gasteiger partial charge in [0, 0.05) is 20.2 Å². The Morgan fingerprint density at radius 3 is 2.30 bits per heavy atom. The molecule has 2 aliphatic heterocycles. The van der Waals surface area contributed by atoms with Gasteiger partial charge in [-0.3, -0.25) is 0 Å². The fourth-order valence-corrected chi connectivity index (χ4v) is 3.40. The number of likely N-dealkylation sites (tertiary alicyclic amines) is 1. The Morgan fingerprint density at radius 1 is 1.03 bits per heavy atom. The number of halogens is 2. The Bertz CT molecular complexity index is 600. The molecule has 0 bridgehead atoms. The molecule has 33 heavy (non-hydrogen) atoms. The van der Waals surface area contributed by atoms with Crippen molar-refractivity contribution in [3.63, 3.8) is 0 Å². The van der Waals surface area contributed by atoms with Gasteiger partial charge in [0.2, 0.25) is 0 Å². The van der Waals surface area contributed by atoms with E-state index in [1.807, 2.05) is 30.3 Å². The minimum atomic E-state index is -1.40. The van der Waals surface area contributed by atoms with Crippen LogP contribution in [0.4, 0.5) is 13.6 Å². The number of alkyl halides is 2. The average Bonchev–Trinajstić information content (AvgIpc) is 2.81. The molecule has 4 unspecified atom stereocenters. The molecule has 0 aromatic heterocycles. The summed E-state index contributed by atoms with van der Waals surface area (Å²) in [7, 11) is 1.00. The molecule has 7 nitrogen and oxygen atoms in total. The highest BCUT2D eigenvalue weighted by Gasteiger charge is 2.27. The number of hydrogen-bond acceptors (Lipinski definition) is 6. The number of carbonyl (C=O) groups excluding carboxylic acids is 1. The summed E-state index contributed by atoms with van der Waals surface area (Å²) in [5, 5.41) is 28.5. The third-order valence-corrected chi connectivity index (χ3v) is 5.31. The molecule has 192 valence electrons. The molecular weight excluding hydrogens is 434 g/mol. The van der Waals surface area contributed by atoms with Crippen LogP contribution in [0.25, 0.3) is 0 Å². The standard InChI is InChI=1S/C15H20FNO3.C7H14FNO.CH4O.CH4/c16-13-10-17(9-5-4-8-14(13)18)15(19)20-11-12-6-2-1-3-7-12;8-6-5-9-4-2-1-3-7(6)10;1-2;/h1-3,6-7,13-14,18H,4-5,8-11H2;6-7,9-10H,1-5H2;2H,1H3;1H4. The van der Waals surface area contributed by atoms with Crippen LogP contribution in [0.2, 0.25) is 0 Å². The Balaban J connectivity index is 0.000000666. The van der Waals surface area contributed by atoms with E-state index in [0.717, 1.165) is 38.5 Å². The molecule has 4 atom stereocenters. The number of benzene rings is 1. The van der Waals surface area contributed by atoms with Crippen LogP contribution in [0.3, 0.4) is 0 Å². The van der Waals surface area contributed by atoms with Crippen molar-refractivity contribution in [3.8, 4) is 0 Å². The van der Waals surface area contributed by atoms with E-state index in [9.17, 15) is 18.7 Å². The van der Waals surface area contributed by atoms with E-state index in [-0.39, 0.29) is 20.6 Å². The zero-order chi connectivity index (χ0) is 23.8. The summed E-state index contributed by atoms with van der Waals surface area (Å²) >= 11 is 0. The Kier molecular flexibility index (Phi) is 17.6. The number of amides is 1. The van der Waals surface area contributed by atoms with Gasteiger partial charge in [0.15, 0.2) is 0 Å². The van der Waals surface area contributed by atoms with Crippen LogP contribution in [-0.2, 0) is 11.3 Å². The normalized spacial score (nSPS) is 25.7. The first-order valence-corrected chi connectivity index (χ1v) is 11.2. The smallest absolute Gasteiger partial charge is 0.410 e. The topological polar surface area (TPSA) is 102 Å². The van der Waals surface area contributed by atoms with Gasteiger partial charge >= 0.3 is 6.09 Å². The number of carbonyl (C=O) groups is 1. The lowest BCUT2D eigenvalue weighted by atomic mass is 10.0. The summed E-state index contributed by atoms with van der Waals surface area (Å²) in [5.74, 6) is 0. The van der Waals surface area contributed by atoms with Gasteiger partial charge in [-0.15, -0.1) is 0 Å². The third kappa shape index (κ3) is 12.9. The largest absolute Gasteiger partial charge is 0.445 e. The molecule has 0 spiro atoms. The van der Waals surface area contributed by atoms with Crippen molar-refractivity contribution in [2.24, 2.45) is 0 Å². The molecule has 1 aromatic rings. The molecule has 2 saturated heterocycles. The van der Waals surface area contributed by atoms with Gasteiger partial charge < -0.3 is 30.3 Å². The number of aliphatic hydroxyl groups is 3. The molecule has 3 rings (SSSR count). The maximum atomic E-state index is 13.7. The van der Waals surface area contributed by atoms with E-state index in [1.165, 1.54) is 4.90 Å². The highest BCUT2D eigenvalue weighted by atomic mass is 19.1. The second-order valence-electron chi connectivity index (χ2n) is 7.85. The first-order valence-electron chi connectivity index (χ1n) is 11.2. The first kappa shape index (κ1) is 31.2. The van der Waals surface area contributed by atoms with Crippen LogP contribution in [0.5, 0.6) is 0 Å². The minimum absolute atomic E-state index is 0.